The SMILES string of the molecule is CCOOP(=O)(OOCC)SCc1nnc(OCC)s1. The molecule has 0 amide bonds. The Balaban J connectivity index is 2.53. The van der Waals surface area contributed by atoms with Gasteiger partial charge in [-0.25, -0.2) is 14.3 Å². The Bertz CT molecular complexity index is 420. The molecule has 1 aromatic rings. The molecule has 0 saturated heterocycles. The summed E-state index contributed by atoms with van der Waals surface area (Å²) in [5, 5.41) is 8.84. The molecule has 1 aromatic heterocycles. The average molecular weight is 344 g/mol. The van der Waals surface area contributed by atoms with E-state index in [1.54, 1.807) is 13.8 Å². The summed E-state index contributed by atoms with van der Waals surface area (Å²) in [6.45, 7) is 2.71. The lowest BCUT2D eigenvalue weighted by Crippen LogP contribution is -1.97. The number of ether oxygens (including phenoxy) is 1. The van der Waals surface area contributed by atoms with Gasteiger partial charge in [0.2, 0.25) is 0 Å². The van der Waals surface area contributed by atoms with Crippen molar-refractivity contribution in [2.45, 2.75) is 26.5 Å². The van der Waals surface area contributed by atoms with Crippen LogP contribution in [0.4, 0.5) is 0 Å². The predicted molar refractivity (Wildman–Crippen MR) is 75.4 cm³/mol. The van der Waals surface area contributed by atoms with Crippen LogP contribution in [0.25, 0.3) is 0 Å². The molecule has 0 bridgehead atoms. The molecule has 0 aliphatic heterocycles. The topological polar surface area (TPSA) is 89.0 Å². The zero-order valence-corrected chi connectivity index (χ0v) is 14.0. The minimum atomic E-state index is -3.55. The first-order valence-corrected chi connectivity index (χ1v) is 9.90. The van der Waals surface area contributed by atoms with Gasteiger partial charge in [0.15, 0.2) is 0 Å². The van der Waals surface area contributed by atoms with Gasteiger partial charge >= 0.3 is 6.80 Å². The first kappa shape index (κ1) is 17.8. The fourth-order valence-corrected chi connectivity index (χ4v) is 4.38. The van der Waals surface area contributed by atoms with E-state index in [-0.39, 0.29) is 19.0 Å². The molecule has 8 nitrogen and oxygen atoms in total. The second kappa shape index (κ2) is 9.67. The molecule has 116 valence electrons. The van der Waals surface area contributed by atoms with Crippen molar-refractivity contribution in [2.24, 2.45) is 0 Å². The third kappa shape index (κ3) is 6.49. The minimum absolute atomic E-state index is 0.243. The predicted octanol–water partition coefficient (Wildman–Crippen LogP) is 3.21. The summed E-state index contributed by atoms with van der Waals surface area (Å²) >= 11 is 2.17. The normalized spacial score (nSPS) is 11.8. The van der Waals surface area contributed by atoms with E-state index in [4.69, 9.17) is 14.1 Å². The van der Waals surface area contributed by atoms with Crippen molar-refractivity contribution >= 4 is 29.5 Å². The van der Waals surface area contributed by atoms with E-state index in [0.29, 0.717) is 16.8 Å². The maximum absolute atomic E-state index is 12.2. The maximum atomic E-state index is 12.2. The van der Waals surface area contributed by atoms with Gasteiger partial charge in [-0.1, -0.05) is 11.3 Å². The Labute approximate surface area is 125 Å². The zero-order valence-electron chi connectivity index (χ0n) is 11.4. The highest BCUT2D eigenvalue weighted by Gasteiger charge is 2.30. The van der Waals surface area contributed by atoms with Crippen molar-refractivity contribution in [2.75, 3.05) is 19.8 Å². The Morgan fingerprint density at radius 2 is 1.75 bits per heavy atom. The molecule has 20 heavy (non-hydrogen) atoms. The molecule has 1 rings (SSSR count). The van der Waals surface area contributed by atoms with Crippen molar-refractivity contribution in [1.82, 2.24) is 10.2 Å². The van der Waals surface area contributed by atoms with Crippen LogP contribution in [0.1, 0.15) is 25.8 Å². The lowest BCUT2D eigenvalue weighted by molar-refractivity contribution is -0.257. The number of nitrogens with zero attached hydrogens (tertiary/aromatic N) is 2. The van der Waals surface area contributed by atoms with Crippen molar-refractivity contribution in [3.05, 3.63) is 5.01 Å². The molecule has 11 heteroatoms. The highest BCUT2D eigenvalue weighted by atomic mass is 32.7. The first-order chi connectivity index (χ1) is 9.63. The van der Waals surface area contributed by atoms with E-state index in [1.165, 1.54) is 11.3 Å². The molecule has 0 aromatic carbocycles. The smallest absolute Gasteiger partial charge is 0.443 e. The van der Waals surface area contributed by atoms with Gasteiger partial charge in [0.05, 0.1) is 25.6 Å². The second-order valence-corrected chi connectivity index (χ2v) is 7.96. The Hall–Kier alpha value is -0.220. The van der Waals surface area contributed by atoms with Gasteiger partial charge < -0.3 is 4.74 Å². The quantitative estimate of drug-likeness (QED) is 0.341. The average Bonchev–Trinajstić information content (AvgIpc) is 2.89. The van der Waals surface area contributed by atoms with Gasteiger partial charge in [-0.05, 0) is 32.2 Å². The van der Waals surface area contributed by atoms with Gasteiger partial charge in [-0.15, -0.1) is 19.5 Å². The summed E-state index contributed by atoms with van der Waals surface area (Å²) in [6.07, 6.45) is 0. The van der Waals surface area contributed by atoms with Crippen LogP contribution in [0, 0.1) is 0 Å². The van der Waals surface area contributed by atoms with Crippen LogP contribution in [0.3, 0.4) is 0 Å². The van der Waals surface area contributed by atoms with E-state index in [0.717, 1.165) is 11.4 Å². The molecule has 0 aliphatic carbocycles. The van der Waals surface area contributed by atoms with Crippen LogP contribution >= 0.6 is 29.5 Å². The highest BCUT2D eigenvalue weighted by Crippen LogP contribution is 2.62. The fourth-order valence-electron chi connectivity index (χ4n) is 0.903. The monoisotopic (exact) mass is 344 g/mol. The second-order valence-electron chi connectivity index (χ2n) is 3.08. The molecular formula is C9H17N2O6PS2. The molecule has 0 aliphatic rings. The van der Waals surface area contributed by atoms with Crippen molar-refractivity contribution < 1.29 is 28.4 Å². The van der Waals surface area contributed by atoms with Gasteiger partial charge in [0.25, 0.3) is 5.19 Å². The molecule has 0 N–H and O–H groups in total. The van der Waals surface area contributed by atoms with Crippen molar-refractivity contribution in [3.8, 4) is 5.19 Å². The molecular weight excluding hydrogens is 327 g/mol. The van der Waals surface area contributed by atoms with E-state index < -0.39 is 6.80 Å². The minimum Gasteiger partial charge on any atom is -0.469 e. The molecule has 0 saturated carbocycles. The zero-order chi connectivity index (χ0) is 14.8. The summed E-state index contributed by atoms with van der Waals surface area (Å²) in [5.41, 5.74) is 0. The summed E-state index contributed by atoms with van der Waals surface area (Å²) in [7, 11) is 0. The summed E-state index contributed by atoms with van der Waals surface area (Å²) in [5.74, 6) is 0.280. The molecule has 1 heterocycles. The fraction of sp³-hybridized carbons (Fsp3) is 0.778. The van der Waals surface area contributed by atoms with Crippen LogP contribution < -0.4 is 4.74 Å². The molecule has 0 fully saturated rings. The summed E-state index contributed by atoms with van der Waals surface area (Å²) < 4.78 is 26.9. The van der Waals surface area contributed by atoms with Crippen LogP contribution in [-0.4, -0.2) is 30.0 Å². The highest BCUT2D eigenvalue weighted by molar-refractivity contribution is 8.54. The Morgan fingerprint density at radius 3 is 2.30 bits per heavy atom. The van der Waals surface area contributed by atoms with E-state index in [2.05, 4.69) is 20.0 Å². The molecule has 0 spiro atoms. The molecule has 0 unspecified atom stereocenters. The van der Waals surface area contributed by atoms with E-state index >= 15 is 0 Å². The van der Waals surface area contributed by atoms with Gasteiger partial charge in [0.1, 0.15) is 5.01 Å². The first-order valence-electron chi connectivity index (χ1n) is 5.95. The van der Waals surface area contributed by atoms with Gasteiger partial charge in [-0.2, -0.15) is 0 Å². The molecule has 0 atom stereocenters. The number of aromatic nitrogens is 2. The van der Waals surface area contributed by atoms with Gasteiger partial charge in [0, 0.05) is 0 Å². The standard InChI is InChI=1S/C9H17N2O6PS2/c1-4-13-9-11-10-8(20-9)7-19-18(12,16-14-5-2)17-15-6-3/h4-7H2,1-3H3. The van der Waals surface area contributed by atoms with Crippen LogP contribution in [0.2, 0.25) is 0 Å². The summed E-state index contributed by atoms with van der Waals surface area (Å²) in [6, 6.07) is 0. The third-order valence-corrected chi connectivity index (χ3v) is 5.60. The van der Waals surface area contributed by atoms with Crippen molar-refractivity contribution in [3.63, 3.8) is 0 Å². The van der Waals surface area contributed by atoms with Crippen LogP contribution in [0.5, 0.6) is 5.19 Å². The van der Waals surface area contributed by atoms with Crippen LogP contribution in [0.15, 0.2) is 0 Å². The van der Waals surface area contributed by atoms with E-state index in [1.807, 2.05) is 6.92 Å². The largest absolute Gasteiger partial charge is 0.469 e. The third-order valence-electron chi connectivity index (χ3n) is 1.59. The number of hydrogen-bond donors (Lipinski definition) is 0. The van der Waals surface area contributed by atoms with Crippen LogP contribution in [-0.2, 0) is 29.4 Å². The van der Waals surface area contributed by atoms with Crippen molar-refractivity contribution in [1.29, 1.82) is 0 Å². The van der Waals surface area contributed by atoms with Gasteiger partial charge in [-0.3, -0.25) is 0 Å². The van der Waals surface area contributed by atoms with E-state index in [9.17, 15) is 4.57 Å². The maximum Gasteiger partial charge on any atom is 0.443 e. The Kier molecular flexibility index (Phi) is 8.62. The molecule has 0 radical (unpaired) electrons. The number of rotatable bonds is 11. The number of hydrogen-bond acceptors (Lipinski definition) is 10. The summed E-state index contributed by atoms with van der Waals surface area (Å²) in [4.78, 5) is 9.36. The lowest BCUT2D eigenvalue weighted by atomic mass is 10.9. The lowest BCUT2D eigenvalue weighted by Gasteiger charge is -2.13. The Morgan fingerprint density at radius 1 is 1.10 bits per heavy atom.